The summed E-state index contributed by atoms with van der Waals surface area (Å²) in [5, 5.41) is 3.74. The van der Waals surface area contributed by atoms with E-state index in [2.05, 4.69) is 24.9 Å². The molecule has 0 radical (unpaired) electrons. The maximum Gasteiger partial charge on any atom is 0.393 e. The number of halogens is 3. The predicted molar refractivity (Wildman–Crippen MR) is 141 cm³/mol. The number of hydrogen-bond donors (Lipinski definition) is 1. The van der Waals surface area contributed by atoms with Gasteiger partial charge in [-0.25, -0.2) is 0 Å². The fraction of sp³-hybridized carbons (Fsp3) is 0.519. The van der Waals surface area contributed by atoms with Gasteiger partial charge in [0.25, 0.3) is 0 Å². The number of benzene rings is 1. The van der Waals surface area contributed by atoms with Gasteiger partial charge in [0.05, 0.1) is 31.9 Å². The highest BCUT2D eigenvalue weighted by atomic mass is 19.4. The van der Waals surface area contributed by atoms with Crippen molar-refractivity contribution in [1.82, 2.24) is 9.88 Å². The second-order valence-electron chi connectivity index (χ2n) is 10.4. The molecule has 2 N–H and O–H groups in total. The number of rotatable bonds is 8. The number of pyridine rings is 1. The van der Waals surface area contributed by atoms with Gasteiger partial charge >= 0.3 is 6.18 Å². The molecule has 0 saturated carbocycles. The minimum absolute atomic E-state index is 0.0654. The summed E-state index contributed by atoms with van der Waals surface area (Å²) in [7, 11) is 0. The zero-order valence-corrected chi connectivity index (χ0v) is 21.8. The van der Waals surface area contributed by atoms with Crippen LogP contribution in [0.4, 0.5) is 18.9 Å². The van der Waals surface area contributed by atoms with Crippen LogP contribution in [0.15, 0.2) is 52.7 Å². The third kappa shape index (κ3) is 7.99. The zero-order valence-electron chi connectivity index (χ0n) is 21.8. The van der Waals surface area contributed by atoms with Gasteiger partial charge in [-0.1, -0.05) is 26.0 Å². The van der Waals surface area contributed by atoms with E-state index in [4.69, 9.17) is 15.3 Å². The molecule has 2 aromatic rings. The second-order valence-corrected chi connectivity index (χ2v) is 10.4. The quantitative estimate of drug-likeness (QED) is 0.317. The van der Waals surface area contributed by atoms with Crippen LogP contribution in [0.3, 0.4) is 0 Å². The normalized spacial score (nSPS) is 19.8. The number of alkyl halides is 3. The highest BCUT2D eigenvalue weighted by Crippen LogP contribution is 2.28. The molecule has 2 saturated heterocycles. The van der Waals surface area contributed by atoms with Gasteiger partial charge in [0.2, 0.25) is 0 Å². The van der Waals surface area contributed by atoms with Crippen LogP contribution < -0.4 is 10.7 Å². The summed E-state index contributed by atoms with van der Waals surface area (Å²) in [6, 6.07) is 10.9. The lowest BCUT2D eigenvalue weighted by molar-refractivity contribution is -0.215. The summed E-state index contributed by atoms with van der Waals surface area (Å²) in [5.41, 5.74) is 2.26. The molecule has 1 aromatic carbocycles. The number of anilines is 1. The Labute approximate surface area is 221 Å². The molecule has 0 amide bonds. The lowest BCUT2D eigenvalue weighted by Crippen LogP contribution is -2.46. The Hall–Kier alpha value is -3.02. The largest absolute Gasteiger partial charge is 0.393 e. The molecular formula is C27H35F3N6O2. The number of piperazine rings is 1. The minimum atomic E-state index is -4.39. The van der Waals surface area contributed by atoms with Crippen molar-refractivity contribution in [2.75, 3.05) is 50.8 Å². The molecule has 1 aromatic heterocycles. The van der Waals surface area contributed by atoms with E-state index >= 15 is 0 Å². The Bertz CT molecular complexity index is 1110. The van der Waals surface area contributed by atoms with E-state index in [9.17, 15) is 13.2 Å². The van der Waals surface area contributed by atoms with Gasteiger partial charge in [-0.2, -0.15) is 18.3 Å². The Morgan fingerprint density at radius 1 is 1.13 bits per heavy atom. The lowest BCUT2D eigenvalue weighted by atomic mass is 9.96. The van der Waals surface area contributed by atoms with Crippen molar-refractivity contribution in [1.29, 1.82) is 0 Å². The monoisotopic (exact) mass is 532 g/mol. The van der Waals surface area contributed by atoms with E-state index in [0.717, 1.165) is 31.0 Å². The predicted octanol–water partition coefficient (Wildman–Crippen LogP) is 3.64. The molecule has 38 heavy (non-hydrogen) atoms. The minimum Gasteiger partial charge on any atom is -0.369 e. The van der Waals surface area contributed by atoms with Crippen LogP contribution in [0.1, 0.15) is 30.7 Å². The van der Waals surface area contributed by atoms with Crippen molar-refractivity contribution in [2.24, 2.45) is 21.4 Å². The summed E-state index contributed by atoms with van der Waals surface area (Å²) in [4.78, 5) is 13.1. The molecule has 0 unspecified atom stereocenters. The molecule has 2 fully saturated rings. The van der Waals surface area contributed by atoms with Crippen molar-refractivity contribution < 1.29 is 22.6 Å². The zero-order chi connectivity index (χ0) is 27.2. The molecule has 4 rings (SSSR count). The smallest absolute Gasteiger partial charge is 0.369 e. The van der Waals surface area contributed by atoms with Gasteiger partial charge in [0, 0.05) is 61.8 Å². The standard InChI is InChI=1S/C27H35F3N6O2/c1-26(2)18-37-25(38-19-26)16-32-15-24(34-31)23-7-6-22(13-20(23)14-27(28,29)30)36-11-9-35(10-12-36)17-21-5-3-4-8-33-21/h3-8,13,15,25H,9-12,14,16-19,31H2,1-2H3/b32-15?,34-24+. The van der Waals surface area contributed by atoms with E-state index in [1.54, 1.807) is 18.3 Å². The van der Waals surface area contributed by atoms with Gasteiger partial charge in [0.15, 0.2) is 6.29 Å². The van der Waals surface area contributed by atoms with Gasteiger partial charge < -0.3 is 20.2 Å². The van der Waals surface area contributed by atoms with E-state index in [1.807, 2.05) is 38.1 Å². The number of hydrogen-bond acceptors (Lipinski definition) is 8. The lowest BCUT2D eigenvalue weighted by Gasteiger charge is -2.36. The number of hydrazone groups is 1. The third-order valence-electron chi connectivity index (χ3n) is 6.53. The van der Waals surface area contributed by atoms with Crippen LogP contribution in [-0.2, 0) is 22.4 Å². The fourth-order valence-corrected chi connectivity index (χ4v) is 4.50. The number of nitrogens with zero attached hydrogens (tertiary/aromatic N) is 5. The molecule has 0 bridgehead atoms. The molecule has 11 heteroatoms. The average Bonchev–Trinajstić information content (AvgIpc) is 2.88. The van der Waals surface area contributed by atoms with Crippen LogP contribution in [-0.4, -0.2) is 80.2 Å². The number of nitrogens with two attached hydrogens (primary N) is 1. The number of ether oxygens (including phenoxy) is 2. The van der Waals surface area contributed by atoms with Crippen molar-refractivity contribution in [3.63, 3.8) is 0 Å². The third-order valence-corrected chi connectivity index (χ3v) is 6.53. The molecular weight excluding hydrogens is 497 g/mol. The summed E-state index contributed by atoms with van der Waals surface area (Å²) in [5.74, 6) is 5.58. The van der Waals surface area contributed by atoms with Crippen molar-refractivity contribution >= 4 is 17.6 Å². The molecule has 0 spiro atoms. The van der Waals surface area contributed by atoms with E-state index < -0.39 is 18.9 Å². The Morgan fingerprint density at radius 2 is 1.87 bits per heavy atom. The Kier molecular flexibility index (Phi) is 9.01. The highest BCUT2D eigenvalue weighted by molar-refractivity contribution is 6.38. The van der Waals surface area contributed by atoms with Crippen LogP contribution in [0.2, 0.25) is 0 Å². The maximum atomic E-state index is 13.5. The van der Waals surface area contributed by atoms with E-state index in [-0.39, 0.29) is 23.2 Å². The SMILES string of the molecule is CC1(C)COC(CN=C/C(=N\N)c2ccc(N3CCN(Cc4ccccn4)CC3)cc2CC(F)(F)F)OC1. The number of aromatic nitrogens is 1. The first kappa shape index (κ1) is 28.0. The molecule has 206 valence electrons. The van der Waals surface area contributed by atoms with Gasteiger partial charge in [0.1, 0.15) is 5.71 Å². The van der Waals surface area contributed by atoms with E-state index in [0.29, 0.717) is 31.9 Å². The van der Waals surface area contributed by atoms with E-state index in [1.165, 1.54) is 6.21 Å². The topological polar surface area (TPSA) is 88.6 Å². The summed E-state index contributed by atoms with van der Waals surface area (Å²) in [6.07, 6.45) is -2.82. The molecule has 3 heterocycles. The Balaban J connectivity index is 1.43. The first-order chi connectivity index (χ1) is 18.1. The highest BCUT2D eigenvalue weighted by Gasteiger charge is 2.31. The summed E-state index contributed by atoms with van der Waals surface area (Å²) < 4.78 is 51.9. The van der Waals surface area contributed by atoms with Crippen LogP contribution >= 0.6 is 0 Å². The number of aliphatic imine (C=N–C) groups is 1. The van der Waals surface area contributed by atoms with Crippen molar-refractivity contribution in [3.05, 3.63) is 59.4 Å². The average molecular weight is 533 g/mol. The molecule has 0 aliphatic carbocycles. The summed E-state index contributed by atoms with van der Waals surface area (Å²) in [6.45, 7) is 9.10. The maximum absolute atomic E-state index is 13.5. The van der Waals surface area contributed by atoms with Crippen molar-refractivity contribution in [2.45, 2.75) is 39.3 Å². The second kappa shape index (κ2) is 12.2. The summed E-state index contributed by atoms with van der Waals surface area (Å²) >= 11 is 0. The van der Waals surface area contributed by atoms with Crippen LogP contribution in [0.25, 0.3) is 0 Å². The molecule has 0 atom stereocenters. The van der Waals surface area contributed by atoms with Crippen LogP contribution in [0.5, 0.6) is 0 Å². The van der Waals surface area contributed by atoms with Gasteiger partial charge in [-0.15, -0.1) is 0 Å². The first-order valence-corrected chi connectivity index (χ1v) is 12.7. The fourth-order valence-electron chi connectivity index (χ4n) is 4.50. The first-order valence-electron chi connectivity index (χ1n) is 12.7. The van der Waals surface area contributed by atoms with Crippen LogP contribution in [0, 0.1) is 5.41 Å². The van der Waals surface area contributed by atoms with Crippen molar-refractivity contribution in [3.8, 4) is 0 Å². The molecule has 2 aliphatic rings. The Morgan fingerprint density at radius 3 is 2.50 bits per heavy atom. The van der Waals surface area contributed by atoms with Gasteiger partial charge in [-0.3, -0.25) is 14.9 Å². The molecule has 2 aliphatic heterocycles. The van der Waals surface area contributed by atoms with Gasteiger partial charge in [-0.05, 0) is 29.8 Å². The molecule has 8 nitrogen and oxygen atoms in total.